The minimum absolute atomic E-state index is 0.122. The first-order valence-corrected chi connectivity index (χ1v) is 8.13. The van der Waals surface area contributed by atoms with Crippen LogP contribution in [0.4, 0.5) is 0 Å². The molecule has 1 amide bonds. The summed E-state index contributed by atoms with van der Waals surface area (Å²) in [6, 6.07) is 6.80. The minimum atomic E-state index is -0.786. The van der Waals surface area contributed by atoms with Crippen molar-refractivity contribution in [3.8, 4) is 5.75 Å². The zero-order valence-electron chi connectivity index (χ0n) is 13.6. The molecule has 0 aliphatic carbocycles. The van der Waals surface area contributed by atoms with Gasteiger partial charge in [0.15, 0.2) is 6.10 Å². The number of pyridine rings is 1. The number of rotatable bonds is 5. The quantitative estimate of drug-likeness (QED) is 0.849. The molecule has 0 aliphatic rings. The van der Waals surface area contributed by atoms with Crippen molar-refractivity contribution in [2.75, 3.05) is 0 Å². The van der Waals surface area contributed by atoms with Crippen molar-refractivity contribution in [2.45, 2.75) is 33.4 Å². The maximum absolute atomic E-state index is 12.2. The Morgan fingerprint density at radius 2 is 2.04 bits per heavy atom. The van der Waals surface area contributed by atoms with Gasteiger partial charge in [-0.3, -0.25) is 9.59 Å². The van der Waals surface area contributed by atoms with Crippen LogP contribution in [0.25, 0.3) is 0 Å². The van der Waals surface area contributed by atoms with E-state index < -0.39 is 6.10 Å². The smallest absolute Gasteiger partial charge is 0.261 e. The van der Waals surface area contributed by atoms with E-state index in [1.54, 1.807) is 32.0 Å². The summed E-state index contributed by atoms with van der Waals surface area (Å²) < 4.78 is 5.54. The van der Waals surface area contributed by atoms with Crippen LogP contribution in [0.1, 0.15) is 23.7 Å². The van der Waals surface area contributed by atoms with Gasteiger partial charge in [-0.1, -0.05) is 29.3 Å². The standard InChI is InChI=1S/C17H18Cl2N2O3/c1-9-7-10(2)21-17(23)12(9)8-20-16(22)11(3)24-14-6-4-5-13(18)15(14)19/h4-7,11H,8H2,1-3H3,(H,20,22)(H,21,23)/t11-/m1/s1. The summed E-state index contributed by atoms with van der Waals surface area (Å²) in [5.41, 5.74) is 1.91. The predicted molar refractivity (Wildman–Crippen MR) is 94.9 cm³/mol. The Morgan fingerprint density at radius 1 is 1.33 bits per heavy atom. The summed E-state index contributed by atoms with van der Waals surface area (Å²) in [6.45, 7) is 5.35. The van der Waals surface area contributed by atoms with Crippen LogP contribution in [0.3, 0.4) is 0 Å². The van der Waals surface area contributed by atoms with Crippen molar-refractivity contribution in [1.82, 2.24) is 10.3 Å². The zero-order chi connectivity index (χ0) is 17.9. The van der Waals surface area contributed by atoms with E-state index in [0.717, 1.165) is 11.3 Å². The highest BCUT2D eigenvalue weighted by molar-refractivity contribution is 6.42. The van der Waals surface area contributed by atoms with Gasteiger partial charge < -0.3 is 15.0 Å². The van der Waals surface area contributed by atoms with Crippen LogP contribution < -0.4 is 15.6 Å². The van der Waals surface area contributed by atoms with Crippen LogP contribution >= 0.6 is 23.2 Å². The zero-order valence-corrected chi connectivity index (χ0v) is 15.1. The van der Waals surface area contributed by atoms with Gasteiger partial charge >= 0.3 is 0 Å². The van der Waals surface area contributed by atoms with Crippen LogP contribution in [-0.4, -0.2) is 17.0 Å². The average Bonchev–Trinajstić information content (AvgIpc) is 2.50. The number of nitrogens with one attached hydrogen (secondary N) is 2. The first-order valence-electron chi connectivity index (χ1n) is 7.37. The van der Waals surface area contributed by atoms with Crippen LogP contribution in [0, 0.1) is 13.8 Å². The van der Waals surface area contributed by atoms with Crippen molar-refractivity contribution < 1.29 is 9.53 Å². The third-order valence-electron chi connectivity index (χ3n) is 3.52. The van der Waals surface area contributed by atoms with E-state index in [4.69, 9.17) is 27.9 Å². The summed E-state index contributed by atoms with van der Waals surface area (Å²) in [6.07, 6.45) is -0.786. The lowest BCUT2D eigenvalue weighted by atomic mass is 10.1. The summed E-state index contributed by atoms with van der Waals surface area (Å²) in [7, 11) is 0. The Labute approximate surface area is 149 Å². The number of amides is 1. The molecule has 0 spiro atoms. The van der Waals surface area contributed by atoms with Crippen molar-refractivity contribution in [2.24, 2.45) is 0 Å². The largest absolute Gasteiger partial charge is 0.479 e. The molecule has 0 aliphatic heterocycles. The highest BCUT2D eigenvalue weighted by atomic mass is 35.5. The van der Waals surface area contributed by atoms with Crippen molar-refractivity contribution in [3.05, 3.63) is 61.5 Å². The number of aromatic nitrogens is 1. The number of carbonyl (C=O) groups excluding carboxylic acids is 1. The van der Waals surface area contributed by atoms with E-state index in [1.807, 2.05) is 13.0 Å². The van der Waals surface area contributed by atoms with E-state index >= 15 is 0 Å². The second kappa shape index (κ2) is 7.73. The SMILES string of the molecule is Cc1cc(C)c(CNC(=O)[C@@H](C)Oc2cccc(Cl)c2Cl)c(=O)[nH]1. The monoisotopic (exact) mass is 368 g/mol. The van der Waals surface area contributed by atoms with Gasteiger partial charge in [-0.2, -0.15) is 0 Å². The number of benzene rings is 1. The molecular formula is C17H18Cl2N2O3. The van der Waals surface area contributed by atoms with E-state index in [9.17, 15) is 9.59 Å². The molecule has 5 nitrogen and oxygen atoms in total. The molecule has 2 rings (SSSR count). The molecule has 0 unspecified atom stereocenters. The van der Waals surface area contributed by atoms with Crippen LogP contribution in [0.15, 0.2) is 29.1 Å². The summed E-state index contributed by atoms with van der Waals surface area (Å²) >= 11 is 12.0. The topological polar surface area (TPSA) is 71.2 Å². The van der Waals surface area contributed by atoms with E-state index in [-0.39, 0.29) is 23.0 Å². The average molecular weight is 369 g/mol. The van der Waals surface area contributed by atoms with Gasteiger partial charge in [0.05, 0.1) is 5.02 Å². The second-order valence-electron chi connectivity index (χ2n) is 5.47. The third-order valence-corrected chi connectivity index (χ3v) is 4.32. The maximum Gasteiger partial charge on any atom is 0.261 e. The van der Waals surface area contributed by atoms with Gasteiger partial charge in [0.2, 0.25) is 0 Å². The number of hydrogen-bond acceptors (Lipinski definition) is 3. The molecular weight excluding hydrogens is 351 g/mol. The Balaban J connectivity index is 2.02. The van der Waals surface area contributed by atoms with Gasteiger partial charge in [-0.25, -0.2) is 0 Å². The van der Waals surface area contributed by atoms with Crippen molar-refractivity contribution in [3.63, 3.8) is 0 Å². The fourth-order valence-corrected chi connectivity index (χ4v) is 2.58. The summed E-state index contributed by atoms with van der Waals surface area (Å²) in [5.74, 6) is -0.0263. The van der Waals surface area contributed by atoms with E-state index in [1.165, 1.54) is 0 Å². The fraction of sp³-hybridized carbons (Fsp3) is 0.294. The number of hydrogen-bond donors (Lipinski definition) is 2. The van der Waals surface area contributed by atoms with Gasteiger partial charge in [0, 0.05) is 17.8 Å². The number of carbonyl (C=O) groups is 1. The lowest BCUT2D eigenvalue weighted by Gasteiger charge is -2.16. The molecule has 24 heavy (non-hydrogen) atoms. The van der Waals surface area contributed by atoms with Gasteiger partial charge in [-0.15, -0.1) is 0 Å². The van der Waals surface area contributed by atoms with Gasteiger partial charge in [0.25, 0.3) is 11.5 Å². The van der Waals surface area contributed by atoms with Gasteiger partial charge in [-0.05, 0) is 44.5 Å². The summed E-state index contributed by atoms with van der Waals surface area (Å²) in [5, 5.41) is 3.30. The molecule has 1 heterocycles. The molecule has 2 N–H and O–H groups in total. The molecule has 0 fully saturated rings. The van der Waals surface area contributed by atoms with Crippen molar-refractivity contribution in [1.29, 1.82) is 0 Å². The molecule has 7 heteroatoms. The lowest BCUT2D eigenvalue weighted by molar-refractivity contribution is -0.127. The lowest BCUT2D eigenvalue weighted by Crippen LogP contribution is -2.37. The summed E-state index contributed by atoms with van der Waals surface area (Å²) in [4.78, 5) is 26.8. The molecule has 1 aromatic heterocycles. The third kappa shape index (κ3) is 4.30. The van der Waals surface area contributed by atoms with Crippen LogP contribution in [0.2, 0.25) is 10.0 Å². The highest BCUT2D eigenvalue weighted by Gasteiger charge is 2.17. The number of aromatic amines is 1. The fourth-order valence-electron chi connectivity index (χ4n) is 2.24. The Hall–Kier alpha value is -1.98. The van der Waals surface area contributed by atoms with Crippen LogP contribution in [-0.2, 0) is 11.3 Å². The van der Waals surface area contributed by atoms with E-state index in [0.29, 0.717) is 16.3 Å². The molecule has 128 valence electrons. The molecule has 1 aromatic carbocycles. The number of ether oxygens (including phenoxy) is 1. The molecule has 0 saturated carbocycles. The molecule has 0 saturated heterocycles. The molecule has 1 atom stereocenters. The molecule has 0 bridgehead atoms. The Morgan fingerprint density at radius 3 is 2.71 bits per heavy atom. The first kappa shape index (κ1) is 18.4. The number of halogens is 2. The first-order chi connectivity index (χ1) is 11.3. The number of H-pyrrole nitrogens is 1. The van der Waals surface area contributed by atoms with E-state index in [2.05, 4.69) is 10.3 Å². The number of aryl methyl sites for hydroxylation is 2. The predicted octanol–water partition coefficient (Wildman–Crippen LogP) is 3.38. The minimum Gasteiger partial charge on any atom is -0.479 e. The highest BCUT2D eigenvalue weighted by Crippen LogP contribution is 2.32. The Bertz CT molecular complexity index is 818. The second-order valence-corrected chi connectivity index (χ2v) is 6.26. The maximum atomic E-state index is 12.2. The molecule has 2 aromatic rings. The Kier molecular flexibility index (Phi) is 5.91. The van der Waals surface area contributed by atoms with Crippen LogP contribution in [0.5, 0.6) is 5.75 Å². The van der Waals surface area contributed by atoms with Gasteiger partial charge in [0.1, 0.15) is 10.8 Å². The van der Waals surface area contributed by atoms with Crippen molar-refractivity contribution >= 4 is 29.1 Å². The normalized spacial score (nSPS) is 11.9. The molecule has 0 radical (unpaired) electrons.